The molecule has 2 aliphatic rings. The lowest BCUT2D eigenvalue weighted by molar-refractivity contribution is 0.0362. The number of piperazine rings is 1. The lowest BCUT2D eigenvalue weighted by Gasteiger charge is -2.44. The number of ether oxygens (including phenoxy) is 3. The first-order chi connectivity index (χ1) is 14.0. The summed E-state index contributed by atoms with van der Waals surface area (Å²) in [5.74, 6) is 2.05. The quantitative estimate of drug-likeness (QED) is 0.773. The average molecular weight is 396 g/mol. The van der Waals surface area contributed by atoms with Gasteiger partial charge >= 0.3 is 6.09 Å². The summed E-state index contributed by atoms with van der Waals surface area (Å²) in [5.41, 5.74) is 0.180. The molecule has 2 heterocycles. The smallest absolute Gasteiger partial charge is 0.410 e. The van der Waals surface area contributed by atoms with Crippen molar-refractivity contribution in [3.63, 3.8) is 0 Å². The molecule has 4 rings (SSSR count). The highest BCUT2D eigenvalue weighted by Gasteiger charge is 2.50. The summed E-state index contributed by atoms with van der Waals surface area (Å²) in [7, 11) is 1.62. The fraction of sp³-hybridized carbons (Fsp3) is 0.364. The third kappa shape index (κ3) is 3.60. The molecule has 0 saturated carbocycles. The Morgan fingerprint density at radius 2 is 1.66 bits per heavy atom. The van der Waals surface area contributed by atoms with Crippen molar-refractivity contribution in [1.29, 1.82) is 0 Å². The number of carbonyl (C=O) groups is 2. The first kappa shape index (κ1) is 19.1. The van der Waals surface area contributed by atoms with Crippen molar-refractivity contribution in [2.24, 2.45) is 0 Å². The Morgan fingerprint density at radius 1 is 1.03 bits per heavy atom. The second-order valence-electron chi connectivity index (χ2n) is 7.31. The number of fused-ring (bicyclic) bond motifs is 1. The van der Waals surface area contributed by atoms with Crippen LogP contribution in [0.3, 0.4) is 0 Å². The Labute approximate surface area is 169 Å². The molecule has 2 aromatic carbocycles. The molecule has 2 saturated heterocycles. The zero-order valence-electron chi connectivity index (χ0n) is 16.6. The number of cyclic esters (lactones) is 1. The first-order valence-electron chi connectivity index (χ1n) is 9.70. The zero-order valence-corrected chi connectivity index (χ0v) is 16.6. The minimum Gasteiger partial charge on any atom is -0.497 e. The molecule has 2 aliphatic heterocycles. The van der Waals surface area contributed by atoms with E-state index in [1.54, 1.807) is 41.2 Å². The Morgan fingerprint density at radius 3 is 2.28 bits per heavy atom. The van der Waals surface area contributed by atoms with E-state index in [1.165, 1.54) is 0 Å². The molecule has 0 spiro atoms. The lowest BCUT2D eigenvalue weighted by Crippen LogP contribution is -2.62. The molecule has 2 aromatic rings. The van der Waals surface area contributed by atoms with E-state index in [9.17, 15) is 9.59 Å². The Kier molecular flexibility index (Phi) is 5.05. The third-order valence-electron chi connectivity index (χ3n) is 5.68. The van der Waals surface area contributed by atoms with E-state index in [0.29, 0.717) is 43.3 Å². The van der Waals surface area contributed by atoms with E-state index < -0.39 is 5.54 Å². The van der Waals surface area contributed by atoms with Gasteiger partial charge in [-0.1, -0.05) is 6.92 Å². The highest BCUT2D eigenvalue weighted by atomic mass is 16.6. The summed E-state index contributed by atoms with van der Waals surface area (Å²) in [6.07, 6.45) is 0.468. The SMILES string of the molecule is CCC12COC(=O)N1CCN(C(=O)c1ccc(Oc3ccc(OC)cc3)cc1)C2. The number of methoxy groups -OCH3 is 1. The van der Waals surface area contributed by atoms with Crippen LogP contribution >= 0.6 is 0 Å². The second-order valence-corrected chi connectivity index (χ2v) is 7.31. The van der Waals surface area contributed by atoms with Gasteiger partial charge < -0.3 is 19.1 Å². The van der Waals surface area contributed by atoms with Crippen molar-refractivity contribution in [3.05, 3.63) is 54.1 Å². The third-order valence-corrected chi connectivity index (χ3v) is 5.68. The summed E-state index contributed by atoms with van der Waals surface area (Å²) in [5, 5.41) is 0. The number of rotatable bonds is 5. The van der Waals surface area contributed by atoms with Crippen molar-refractivity contribution in [3.8, 4) is 17.2 Å². The van der Waals surface area contributed by atoms with Gasteiger partial charge in [-0.15, -0.1) is 0 Å². The highest BCUT2D eigenvalue weighted by Crippen LogP contribution is 2.32. The molecule has 2 amide bonds. The van der Waals surface area contributed by atoms with Crippen LogP contribution < -0.4 is 9.47 Å². The average Bonchev–Trinajstić information content (AvgIpc) is 3.11. The van der Waals surface area contributed by atoms with Gasteiger partial charge in [-0.05, 0) is 55.0 Å². The van der Waals surface area contributed by atoms with Gasteiger partial charge in [0.25, 0.3) is 5.91 Å². The van der Waals surface area contributed by atoms with Crippen LogP contribution in [0.25, 0.3) is 0 Å². The van der Waals surface area contributed by atoms with Gasteiger partial charge in [0.05, 0.1) is 12.6 Å². The highest BCUT2D eigenvalue weighted by molar-refractivity contribution is 5.94. The number of hydrogen-bond donors (Lipinski definition) is 0. The van der Waals surface area contributed by atoms with E-state index in [2.05, 4.69) is 0 Å². The summed E-state index contributed by atoms with van der Waals surface area (Å²) < 4.78 is 16.2. The van der Waals surface area contributed by atoms with Crippen LogP contribution in [0.2, 0.25) is 0 Å². The molecule has 1 unspecified atom stereocenters. The molecule has 152 valence electrons. The number of amides is 2. The molecule has 1 atom stereocenters. The number of carbonyl (C=O) groups excluding carboxylic acids is 2. The van der Waals surface area contributed by atoms with Gasteiger partial charge in [0.2, 0.25) is 0 Å². The van der Waals surface area contributed by atoms with Crippen molar-refractivity contribution in [2.75, 3.05) is 33.4 Å². The Hall–Kier alpha value is -3.22. The molecule has 0 radical (unpaired) electrons. The first-order valence-corrected chi connectivity index (χ1v) is 9.70. The molecule has 2 fully saturated rings. The van der Waals surface area contributed by atoms with Crippen molar-refractivity contribution >= 4 is 12.0 Å². The van der Waals surface area contributed by atoms with Crippen LogP contribution in [0.5, 0.6) is 17.2 Å². The van der Waals surface area contributed by atoms with Gasteiger partial charge in [0.1, 0.15) is 23.9 Å². The number of nitrogens with zero attached hydrogens (tertiary/aromatic N) is 2. The Balaban J connectivity index is 1.43. The van der Waals surface area contributed by atoms with Gasteiger partial charge in [0, 0.05) is 25.2 Å². The molecule has 0 aliphatic carbocycles. The van der Waals surface area contributed by atoms with Crippen molar-refractivity contribution in [2.45, 2.75) is 18.9 Å². The van der Waals surface area contributed by atoms with Crippen LogP contribution in [0.4, 0.5) is 4.79 Å². The lowest BCUT2D eigenvalue weighted by atomic mass is 9.92. The summed E-state index contributed by atoms with van der Waals surface area (Å²) in [6.45, 7) is 3.84. The maximum Gasteiger partial charge on any atom is 0.410 e. The van der Waals surface area contributed by atoms with E-state index in [4.69, 9.17) is 14.2 Å². The van der Waals surface area contributed by atoms with Gasteiger partial charge in [-0.25, -0.2) is 4.79 Å². The fourth-order valence-electron chi connectivity index (χ4n) is 3.87. The van der Waals surface area contributed by atoms with E-state index in [-0.39, 0.29) is 12.0 Å². The molecule has 7 heteroatoms. The van der Waals surface area contributed by atoms with E-state index in [1.807, 2.05) is 31.2 Å². The van der Waals surface area contributed by atoms with Crippen molar-refractivity contribution in [1.82, 2.24) is 9.80 Å². The fourth-order valence-corrected chi connectivity index (χ4v) is 3.87. The number of hydrogen-bond acceptors (Lipinski definition) is 5. The molecule has 7 nitrogen and oxygen atoms in total. The van der Waals surface area contributed by atoms with Crippen molar-refractivity contribution < 1.29 is 23.8 Å². The van der Waals surface area contributed by atoms with Crippen LogP contribution in [0.15, 0.2) is 48.5 Å². The van der Waals surface area contributed by atoms with Crippen LogP contribution in [-0.2, 0) is 4.74 Å². The normalized spacial score (nSPS) is 20.8. The predicted octanol–water partition coefficient (Wildman–Crippen LogP) is 3.54. The predicted molar refractivity (Wildman–Crippen MR) is 106 cm³/mol. The standard InChI is InChI=1S/C22H24N2O5/c1-3-22-14-23(12-13-24(22)21(26)28-15-22)20(25)16-4-6-18(7-5-16)29-19-10-8-17(27-2)9-11-19/h4-11H,3,12-15H2,1-2H3. The minimum absolute atomic E-state index is 0.0483. The van der Waals surface area contributed by atoms with Crippen LogP contribution in [0, 0.1) is 0 Å². The van der Waals surface area contributed by atoms with E-state index >= 15 is 0 Å². The molecule has 29 heavy (non-hydrogen) atoms. The van der Waals surface area contributed by atoms with Crippen LogP contribution in [-0.4, -0.2) is 60.7 Å². The van der Waals surface area contributed by atoms with Gasteiger partial charge in [-0.3, -0.25) is 9.69 Å². The summed E-state index contributed by atoms with van der Waals surface area (Å²) in [6, 6.07) is 14.4. The molecule has 0 N–H and O–H groups in total. The summed E-state index contributed by atoms with van der Waals surface area (Å²) in [4.78, 5) is 28.5. The zero-order chi connectivity index (χ0) is 20.4. The Bertz CT molecular complexity index is 896. The van der Waals surface area contributed by atoms with Crippen LogP contribution in [0.1, 0.15) is 23.7 Å². The molecule has 0 bridgehead atoms. The topological polar surface area (TPSA) is 68.3 Å². The maximum absolute atomic E-state index is 13.0. The molecule has 0 aromatic heterocycles. The van der Waals surface area contributed by atoms with Gasteiger partial charge in [0.15, 0.2) is 0 Å². The second kappa shape index (κ2) is 7.66. The minimum atomic E-state index is -0.414. The largest absolute Gasteiger partial charge is 0.497 e. The molecular formula is C22H24N2O5. The van der Waals surface area contributed by atoms with E-state index in [0.717, 1.165) is 12.2 Å². The maximum atomic E-state index is 13.0. The number of benzene rings is 2. The monoisotopic (exact) mass is 396 g/mol. The summed E-state index contributed by atoms with van der Waals surface area (Å²) >= 11 is 0. The molecular weight excluding hydrogens is 372 g/mol. The van der Waals surface area contributed by atoms with Gasteiger partial charge in [-0.2, -0.15) is 0 Å².